The van der Waals surface area contributed by atoms with Crippen LogP contribution in [0.4, 0.5) is 0 Å². The van der Waals surface area contributed by atoms with Crippen LogP contribution < -0.4 is 0 Å². The predicted molar refractivity (Wildman–Crippen MR) is 110 cm³/mol. The highest BCUT2D eigenvalue weighted by atomic mass is 16.3. The molecule has 2 N–H and O–H groups in total. The first kappa shape index (κ1) is 24.9. The first-order valence-corrected chi connectivity index (χ1v) is 11.2. The molecule has 0 saturated carbocycles. The summed E-state index contributed by atoms with van der Waals surface area (Å²) in [4.78, 5) is 2.20. The van der Waals surface area contributed by atoms with Gasteiger partial charge < -0.3 is 10.2 Å². The fourth-order valence-corrected chi connectivity index (χ4v) is 3.63. The second kappa shape index (κ2) is 20.2. The summed E-state index contributed by atoms with van der Waals surface area (Å²) >= 11 is 0. The number of rotatable bonds is 20. The van der Waals surface area contributed by atoms with Crippen LogP contribution in [0.15, 0.2) is 0 Å². The van der Waals surface area contributed by atoms with Gasteiger partial charge in [0.1, 0.15) is 0 Å². The Kier molecular flexibility index (Phi) is 20.1. The molecule has 3 nitrogen and oxygen atoms in total. The Labute approximate surface area is 158 Å². The third-order valence-electron chi connectivity index (χ3n) is 5.37. The molecule has 25 heavy (non-hydrogen) atoms. The van der Waals surface area contributed by atoms with E-state index in [0.29, 0.717) is 19.1 Å². The number of aliphatic hydroxyl groups is 2. The van der Waals surface area contributed by atoms with Crippen molar-refractivity contribution in [2.45, 2.75) is 116 Å². The molecule has 0 aromatic carbocycles. The summed E-state index contributed by atoms with van der Waals surface area (Å²) in [6.45, 7) is 6.23. The zero-order valence-electron chi connectivity index (χ0n) is 17.4. The van der Waals surface area contributed by atoms with Crippen molar-refractivity contribution in [1.82, 2.24) is 4.90 Å². The van der Waals surface area contributed by atoms with Gasteiger partial charge in [-0.15, -0.1) is 0 Å². The van der Waals surface area contributed by atoms with Gasteiger partial charge in [0.15, 0.2) is 0 Å². The first-order chi connectivity index (χ1) is 12.3. The molecule has 0 rings (SSSR count). The maximum Gasteiger partial charge on any atom is 0.0558 e. The van der Waals surface area contributed by atoms with Gasteiger partial charge in [0.05, 0.1) is 13.2 Å². The molecule has 3 heteroatoms. The Morgan fingerprint density at radius 3 is 1.32 bits per heavy atom. The summed E-state index contributed by atoms with van der Waals surface area (Å²) < 4.78 is 0. The average Bonchev–Trinajstić information content (AvgIpc) is 2.61. The topological polar surface area (TPSA) is 43.7 Å². The number of unbranched alkanes of at least 4 members (excludes halogenated alkanes) is 13. The summed E-state index contributed by atoms with van der Waals surface area (Å²) in [6, 6.07) is 0.469. The van der Waals surface area contributed by atoms with Crippen molar-refractivity contribution >= 4 is 0 Å². The van der Waals surface area contributed by atoms with Crippen LogP contribution >= 0.6 is 0 Å². The Morgan fingerprint density at radius 2 is 0.960 bits per heavy atom. The van der Waals surface area contributed by atoms with Crippen LogP contribution in [0.3, 0.4) is 0 Å². The fourth-order valence-electron chi connectivity index (χ4n) is 3.63. The van der Waals surface area contributed by atoms with Crippen molar-refractivity contribution in [2.75, 3.05) is 26.3 Å². The van der Waals surface area contributed by atoms with Crippen molar-refractivity contribution in [2.24, 2.45) is 0 Å². The van der Waals surface area contributed by atoms with Gasteiger partial charge in [-0.1, -0.05) is 96.8 Å². The van der Waals surface area contributed by atoms with Gasteiger partial charge in [-0.05, 0) is 13.3 Å². The van der Waals surface area contributed by atoms with Crippen LogP contribution in [0.25, 0.3) is 0 Å². The number of hydrogen-bond donors (Lipinski definition) is 2. The molecular formula is C22H47NO2. The van der Waals surface area contributed by atoms with E-state index in [9.17, 15) is 0 Å². The lowest BCUT2D eigenvalue weighted by atomic mass is 10.0. The molecule has 0 aliphatic carbocycles. The predicted octanol–water partition coefficient (Wildman–Crippen LogP) is 5.53. The molecule has 0 aromatic rings. The van der Waals surface area contributed by atoms with E-state index in [0.717, 1.165) is 0 Å². The van der Waals surface area contributed by atoms with Crippen LogP contribution in [0, 0.1) is 0 Å². The standard InChI is InChI=1S/C22H47NO2/c1-3-4-5-6-7-8-9-10-11-12-13-14-15-16-17-22(2)23(18-20-24)19-21-25/h22,24-25H,3-21H2,1-2H3. The Balaban J connectivity index is 3.30. The molecule has 0 aliphatic rings. The molecule has 0 radical (unpaired) electrons. The van der Waals surface area contributed by atoms with E-state index >= 15 is 0 Å². The highest BCUT2D eigenvalue weighted by Gasteiger charge is 2.11. The molecule has 152 valence electrons. The van der Waals surface area contributed by atoms with Gasteiger partial charge in [0.25, 0.3) is 0 Å². The molecule has 0 fully saturated rings. The monoisotopic (exact) mass is 357 g/mol. The molecule has 0 saturated heterocycles. The van der Waals surface area contributed by atoms with Gasteiger partial charge in [-0.25, -0.2) is 0 Å². The molecular weight excluding hydrogens is 310 g/mol. The molecule has 1 atom stereocenters. The molecule has 0 aromatic heterocycles. The lowest BCUT2D eigenvalue weighted by molar-refractivity contribution is 0.123. The third kappa shape index (κ3) is 17.1. The average molecular weight is 358 g/mol. The van der Waals surface area contributed by atoms with E-state index < -0.39 is 0 Å². The molecule has 0 heterocycles. The van der Waals surface area contributed by atoms with Crippen LogP contribution in [0.2, 0.25) is 0 Å². The molecule has 0 spiro atoms. The molecule has 0 amide bonds. The van der Waals surface area contributed by atoms with Crippen molar-refractivity contribution in [3.8, 4) is 0 Å². The highest BCUT2D eigenvalue weighted by Crippen LogP contribution is 2.14. The Bertz CT molecular complexity index is 242. The maximum atomic E-state index is 9.08. The summed E-state index contributed by atoms with van der Waals surface area (Å²) in [5, 5.41) is 18.2. The lowest BCUT2D eigenvalue weighted by Gasteiger charge is -2.27. The zero-order chi connectivity index (χ0) is 18.6. The maximum absolute atomic E-state index is 9.08. The van der Waals surface area contributed by atoms with Gasteiger partial charge in [0.2, 0.25) is 0 Å². The number of hydrogen-bond acceptors (Lipinski definition) is 3. The SMILES string of the molecule is CCCCCCCCCCCCCCCCC(C)N(CCO)CCO. The van der Waals surface area contributed by atoms with Crippen LogP contribution in [-0.4, -0.2) is 47.5 Å². The summed E-state index contributed by atoms with van der Waals surface area (Å²) in [5.41, 5.74) is 0. The second-order valence-electron chi connectivity index (χ2n) is 7.72. The largest absolute Gasteiger partial charge is 0.395 e. The summed E-state index contributed by atoms with van der Waals surface area (Å²) in [6.07, 6.45) is 20.8. The quantitative estimate of drug-likeness (QED) is 0.281. The molecule has 0 bridgehead atoms. The molecule has 1 unspecified atom stereocenters. The fraction of sp³-hybridized carbons (Fsp3) is 1.00. The summed E-state index contributed by atoms with van der Waals surface area (Å²) in [7, 11) is 0. The van der Waals surface area contributed by atoms with Gasteiger partial charge in [0, 0.05) is 19.1 Å². The van der Waals surface area contributed by atoms with Gasteiger partial charge >= 0.3 is 0 Å². The smallest absolute Gasteiger partial charge is 0.0558 e. The Hall–Kier alpha value is -0.120. The van der Waals surface area contributed by atoms with E-state index in [1.165, 1.54) is 96.3 Å². The van der Waals surface area contributed by atoms with Crippen molar-refractivity contribution < 1.29 is 10.2 Å². The number of aliphatic hydroxyl groups excluding tert-OH is 2. The van der Waals surface area contributed by atoms with Gasteiger partial charge in [-0.2, -0.15) is 0 Å². The van der Waals surface area contributed by atoms with E-state index in [1.807, 2.05) is 0 Å². The van der Waals surface area contributed by atoms with E-state index in [4.69, 9.17) is 10.2 Å². The summed E-state index contributed by atoms with van der Waals surface area (Å²) in [5.74, 6) is 0. The van der Waals surface area contributed by atoms with Crippen LogP contribution in [-0.2, 0) is 0 Å². The zero-order valence-corrected chi connectivity index (χ0v) is 17.4. The third-order valence-corrected chi connectivity index (χ3v) is 5.37. The van der Waals surface area contributed by atoms with E-state index in [-0.39, 0.29) is 13.2 Å². The number of nitrogens with zero attached hydrogens (tertiary/aromatic N) is 1. The minimum Gasteiger partial charge on any atom is -0.395 e. The minimum absolute atomic E-state index is 0.184. The van der Waals surface area contributed by atoms with E-state index in [1.54, 1.807) is 0 Å². The van der Waals surface area contributed by atoms with Crippen molar-refractivity contribution in [3.63, 3.8) is 0 Å². The highest BCUT2D eigenvalue weighted by molar-refractivity contribution is 4.67. The van der Waals surface area contributed by atoms with Crippen molar-refractivity contribution in [1.29, 1.82) is 0 Å². The molecule has 0 aliphatic heterocycles. The second-order valence-corrected chi connectivity index (χ2v) is 7.72. The minimum atomic E-state index is 0.184. The lowest BCUT2D eigenvalue weighted by Crippen LogP contribution is -2.37. The van der Waals surface area contributed by atoms with Crippen molar-refractivity contribution in [3.05, 3.63) is 0 Å². The first-order valence-electron chi connectivity index (χ1n) is 11.2. The van der Waals surface area contributed by atoms with E-state index in [2.05, 4.69) is 18.7 Å². The van der Waals surface area contributed by atoms with Crippen LogP contribution in [0.5, 0.6) is 0 Å². The Morgan fingerprint density at radius 1 is 0.600 bits per heavy atom. The van der Waals surface area contributed by atoms with Crippen LogP contribution in [0.1, 0.15) is 110 Å². The normalized spacial score (nSPS) is 12.8. The van der Waals surface area contributed by atoms with Gasteiger partial charge in [-0.3, -0.25) is 4.90 Å².